The fraction of sp³-hybridized carbons (Fsp3) is 0.263. The quantitative estimate of drug-likeness (QED) is 0.290. The zero-order valence-electron chi connectivity index (χ0n) is 14.4. The number of rotatable bonds is 1. The molecule has 1 aromatic carbocycles. The number of nitrogens with two attached hydrogens (primary N) is 2. The Morgan fingerprint density at radius 1 is 1.25 bits per heavy atom. The predicted molar refractivity (Wildman–Crippen MR) is 108 cm³/mol. The average molecular weight is 496 g/mol. The summed E-state index contributed by atoms with van der Waals surface area (Å²) in [5.41, 5.74) is 12.6. The maximum Gasteiger partial charge on any atom is 0.287 e. The van der Waals surface area contributed by atoms with Crippen molar-refractivity contribution in [2.24, 2.45) is 23.3 Å². The second kappa shape index (κ2) is 6.24. The number of phenols is 1. The van der Waals surface area contributed by atoms with Crippen LogP contribution in [0.3, 0.4) is 0 Å². The zero-order valence-corrected chi connectivity index (χ0v) is 16.6. The Hall–Kier alpha value is -2.53. The van der Waals surface area contributed by atoms with Gasteiger partial charge in [0.05, 0.1) is 17.2 Å². The number of aliphatic hydroxyl groups is 2. The number of carbonyl (C=O) groups is 2. The number of aliphatic hydroxyl groups excluding tert-OH is 2. The summed E-state index contributed by atoms with van der Waals surface area (Å²) in [6.45, 7) is 4.08. The van der Waals surface area contributed by atoms with Crippen LogP contribution in [0, 0.1) is 11.8 Å². The molecule has 5 atom stereocenters. The van der Waals surface area contributed by atoms with Crippen molar-refractivity contribution in [2.45, 2.75) is 16.1 Å². The maximum absolute atomic E-state index is 13.3. The van der Waals surface area contributed by atoms with Gasteiger partial charge in [0.1, 0.15) is 11.5 Å². The summed E-state index contributed by atoms with van der Waals surface area (Å²) < 4.78 is 5.05. The Balaban J connectivity index is 1.92. The second-order valence-corrected chi connectivity index (χ2v) is 8.43. The first-order chi connectivity index (χ1) is 13.2. The van der Waals surface area contributed by atoms with Crippen molar-refractivity contribution in [1.82, 2.24) is 0 Å². The number of ketones is 1. The van der Waals surface area contributed by atoms with Crippen LogP contribution in [-0.4, -0.2) is 43.1 Å². The van der Waals surface area contributed by atoms with Crippen molar-refractivity contribution in [3.05, 3.63) is 53.0 Å². The van der Waals surface area contributed by atoms with Crippen molar-refractivity contribution in [3.63, 3.8) is 0 Å². The van der Waals surface area contributed by atoms with Gasteiger partial charge in [-0.15, -0.1) is 0 Å². The molecule has 2 aliphatic carbocycles. The number of allylic oxidation sites excluding steroid dienone is 1. The van der Waals surface area contributed by atoms with E-state index in [0.29, 0.717) is 11.1 Å². The van der Waals surface area contributed by atoms with Crippen LogP contribution >= 0.6 is 22.6 Å². The van der Waals surface area contributed by atoms with Crippen LogP contribution in [0.15, 0.2) is 41.9 Å². The lowest BCUT2D eigenvalue weighted by Crippen LogP contribution is -2.59. The highest BCUT2D eigenvalue weighted by Crippen LogP contribution is 2.53. The van der Waals surface area contributed by atoms with Crippen molar-refractivity contribution in [3.8, 4) is 5.75 Å². The van der Waals surface area contributed by atoms with Crippen LogP contribution in [0.1, 0.15) is 11.1 Å². The Kier molecular flexibility index (Phi) is 4.19. The third kappa shape index (κ3) is 2.32. The third-order valence-corrected chi connectivity index (χ3v) is 7.11. The summed E-state index contributed by atoms with van der Waals surface area (Å²) in [6, 6.07) is 3.68. The molecule has 1 saturated carbocycles. The van der Waals surface area contributed by atoms with E-state index < -0.39 is 51.1 Å². The largest absolute Gasteiger partial charge is 0.507 e. The van der Waals surface area contributed by atoms with Gasteiger partial charge in [0.25, 0.3) is 5.91 Å². The molecule has 1 fully saturated rings. The summed E-state index contributed by atoms with van der Waals surface area (Å²) in [5, 5.41) is 31.3. The summed E-state index contributed by atoms with van der Waals surface area (Å²) in [6.07, 6.45) is -1.20. The van der Waals surface area contributed by atoms with Gasteiger partial charge >= 0.3 is 0 Å². The van der Waals surface area contributed by atoms with E-state index in [2.05, 4.69) is 29.2 Å². The lowest BCUT2D eigenvalue weighted by molar-refractivity contribution is -0.135. The fourth-order valence-electron chi connectivity index (χ4n) is 4.24. The number of alkyl halides is 1. The van der Waals surface area contributed by atoms with Gasteiger partial charge < -0.3 is 31.5 Å². The normalized spacial score (nSPS) is 31.7. The lowest BCUT2D eigenvalue weighted by atomic mass is 9.64. The van der Waals surface area contributed by atoms with Crippen LogP contribution in [0.4, 0.5) is 0 Å². The van der Waals surface area contributed by atoms with Gasteiger partial charge in [-0.25, -0.2) is 0 Å². The topological polar surface area (TPSA) is 156 Å². The van der Waals surface area contributed by atoms with E-state index in [1.54, 1.807) is 12.1 Å². The first-order valence-corrected chi connectivity index (χ1v) is 9.69. The minimum Gasteiger partial charge on any atom is -0.507 e. The molecule has 1 aliphatic heterocycles. The molecular formula is C19H17IN2O6. The van der Waals surface area contributed by atoms with Crippen LogP contribution in [0.2, 0.25) is 0 Å². The summed E-state index contributed by atoms with van der Waals surface area (Å²) >= 11 is 2.09. The molecule has 1 aromatic rings. The molecule has 28 heavy (non-hydrogen) atoms. The van der Waals surface area contributed by atoms with Crippen molar-refractivity contribution >= 4 is 45.6 Å². The van der Waals surface area contributed by atoms with E-state index in [4.69, 9.17) is 16.2 Å². The first-order valence-electron chi connectivity index (χ1n) is 8.44. The molecule has 0 radical (unpaired) electrons. The first kappa shape index (κ1) is 18.8. The maximum atomic E-state index is 13.3. The number of ether oxygens (including phenoxy) is 1. The molecule has 1 heterocycles. The molecule has 0 spiro atoms. The Bertz CT molecular complexity index is 1010. The predicted octanol–water partition coefficient (Wildman–Crippen LogP) is 1.29. The minimum atomic E-state index is -1.20. The Morgan fingerprint density at radius 3 is 2.57 bits per heavy atom. The molecule has 3 aliphatic rings. The van der Waals surface area contributed by atoms with E-state index >= 15 is 0 Å². The van der Waals surface area contributed by atoms with Crippen molar-refractivity contribution in [1.29, 1.82) is 0 Å². The number of benzene rings is 1. The van der Waals surface area contributed by atoms with E-state index in [-0.39, 0.29) is 22.6 Å². The monoisotopic (exact) mass is 496 g/mol. The fourth-order valence-corrected chi connectivity index (χ4v) is 5.86. The van der Waals surface area contributed by atoms with Crippen LogP contribution < -0.4 is 11.5 Å². The minimum absolute atomic E-state index is 0.0389. The highest BCUT2D eigenvalue weighted by molar-refractivity contribution is 14.1. The molecule has 1 amide bonds. The van der Waals surface area contributed by atoms with Gasteiger partial charge in [-0.2, -0.15) is 0 Å². The molecule has 7 N–H and O–H groups in total. The van der Waals surface area contributed by atoms with E-state index in [1.807, 2.05) is 0 Å². The zero-order chi connectivity index (χ0) is 20.5. The number of carbonyl (C=O) groups excluding carboxylic acids is 2. The van der Waals surface area contributed by atoms with Crippen LogP contribution in [-0.2, 0) is 14.3 Å². The number of phenolic OH excluding ortho intramolecular Hbond substituents is 1. The highest BCUT2D eigenvalue weighted by atomic mass is 127. The number of Topliss-reactive ketones (excluding diaryl/α,β-unsaturated/α-hetero) is 1. The molecule has 0 aromatic heterocycles. The van der Waals surface area contributed by atoms with Gasteiger partial charge in [0, 0.05) is 15.8 Å². The number of fused-ring (bicyclic) bond motifs is 3. The summed E-state index contributed by atoms with van der Waals surface area (Å²) in [5.74, 6) is -4.49. The van der Waals surface area contributed by atoms with Gasteiger partial charge in [-0.1, -0.05) is 41.3 Å². The van der Waals surface area contributed by atoms with E-state index in [9.17, 15) is 24.9 Å². The molecule has 4 rings (SSSR count). The SMILES string of the molecule is C=C1c2cccc(O)c2C(O)=C2C(=O)C3OC(C(N)=O)=C(O)[C@@H](N)C3[C@@H](I)C12. The molecule has 0 bridgehead atoms. The van der Waals surface area contributed by atoms with E-state index in [0.717, 1.165) is 0 Å². The number of amides is 1. The molecular weight excluding hydrogens is 479 g/mol. The molecule has 146 valence electrons. The highest BCUT2D eigenvalue weighted by Gasteiger charge is 2.57. The molecule has 0 saturated heterocycles. The van der Waals surface area contributed by atoms with Crippen molar-refractivity contribution < 1.29 is 29.6 Å². The number of hydrogen-bond donors (Lipinski definition) is 5. The smallest absolute Gasteiger partial charge is 0.287 e. The average Bonchev–Trinajstić information content (AvgIpc) is 2.64. The lowest BCUT2D eigenvalue weighted by Gasteiger charge is -2.47. The van der Waals surface area contributed by atoms with Crippen molar-refractivity contribution in [2.75, 3.05) is 0 Å². The standard InChI is InChI=1S/C19H17IN2O6/c1-5-6-3-2-4-7(23)9(6)14(24)10-8(5)12(20)11-13(21)16(26)18(19(22)27)28-17(11)15(10)25/h2-4,8,11-13,17,23-24,26H,1,21H2,(H2,22,27)/t8?,11?,12-,13-,17?/m0/s1. The molecule has 9 heteroatoms. The number of halogens is 1. The summed E-state index contributed by atoms with van der Waals surface area (Å²) in [4.78, 5) is 24.8. The number of hydrogen-bond acceptors (Lipinski definition) is 7. The third-order valence-electron chi connectivity index (χ3n) is 5.56. The molecule has 8 nitrogen and oxygen atoms in total. The molecule has 3 unspecified atom stereocenters. The summed E-state index contributed by atoms with van der Waals surface area (Å²) in [7, 11) is 0. The van der Waals surface area contributed by atoms with Gasteiger partial charge in [-0.05, 0) is 17.2 Å². The van der Waals surface area contributed by atoms with Gasteiger partial charge in [0.15, 0.2) is 11.9 Å². The number of primary amides is 1. The van der Waals surface area contributed by atoms with Gasteiger partial charge in [-0.3, -0.25) is 9.59 Å². The van der Waals surface area contributed by atoms with Crippen LogP contribution in [0.5, 0.6) is 5.75 Å². The van der Waals surface area contributed by atoms with Gasteiger partial charge in [0.2, 0.25) is 11.5 Å². The second-order valence-electron chi connectivity index (χ2n) is 6.99. The van der Waals surface area contributed by atoms with Crippen LogP contribution in [0.25, 0.3) is 11.3 Å². The Morgan fingerprint density at radius 2 is 1.93 bits per heavy atom. The Labute approximate surface area is 173 Å². The number of aromatic hydroxyl groups is 1. The van der Waals surface area contributed by atoms with E-state index in [1.165, 1.54) is 6.07 Å².